The van der Waals surface area contributed by atoms with Gasteiger partial charge in [0.15, 0.2) is 6.29 Å². The van der Waals surface area contributed by atoms with Crippen molar-refractivity contribution in [2.75, 3.05) is 13.2 Å². The molecule has 0 aromatic rings. The van der Waals surface area contributed by atoms with Crippen molar-refractivity contribution in [3.63, 3.8) is 0 Å². The smallest absolute Gasteiger partial charge is 0.186 e. The van der Waals surface area contributed by atoms with Crippen molar-refractivity contribution in [3.05, 3.63) is 11.6 Å². The largest absolute Gasteiger partial charge is 0.396 e. The number of aliphatic hydroxyl groups is 6. The van der Waals surface area contributed by atoms with Crippen molar-refractivity contribution in [3.8, 4) is 0 Å². The van der Waals surface area contributed by atoms with Gasteiger partial charge in [-0.05, 0) is 90.8 Å². The van der Waals surface area contributed by atoms with Gasteiger partial charge in [-0.15, -0.1) is 0 Å². The van der Waals surface area contributed by atoms with Crippen LogP contribution in [0.15, 0.2) is 11.6 Å². The summed E-state index contributed by atoms with van der Waals surface area (Å²) in [5.74, 6) is 0.893. The lowest BCUT2D eigenvalue weighted by Gasteiger charge is -2.72. The Labute approximate surface area is 257 Å². The Kier molecular flexibility index (Phi) is 7.68. The molecule has 43 heavy (non-hydrogen) atoms. The number of allylic oxidation sites excluding steroid dienone is 2. The Morgan fingerprint density at radius 1 is 0.837 bits per heavy atom. The molecule has 0 amide bonds. The van der Waals surface area contributed by atoms with E-state index in [9.17, 15) is 30.6 Å². The van der Waals surface area contributed by atoms with Gasteiger partial charge >= 0.3 is 0 Å². The van der Waals surface area contributed by atoms with Crippen LogP contribution in [0.2, 0.25) is 0 Å². The number of hydrogen-bond acceptors (Lipinski definition) is 8. The van der Waals surface area contributed by atoms with Crippen LogP contribution in [0.5, 0.6) is 0 Å². The number of aliphatic hydroxyl groups excluding tert-OH is 6. The predicted octanol–water partition coefficient (Wildman–Crippen LogP) is 3.55. The van der Waals surface area contributed by atoms with Gasteiger partial charge in [0, 0.05) is 10.8 Å². The normalized spacial score (nSPS) is 57.9. The number of fused-ring (bicyclic) bond motifs is 7. The molecular weight excluding hydrogens is 548 g/mol. The summed E-state index contributed by atoms with van der Waals surface area (Å²) in [6, 6.07) is 0. The molecule has 1 saturated heterocycles. The lowest BCUT2D eigenvalue weighted by molar-refractivity contribution is -0.321. The van der Waals surface area contributed by atoms with E-state index in [-0.39, 0.29) is 41.3 Å². The van der Waals surface area contributed by atoms with Crippen LogP contribution in [0.1, 0.15) is 99.8 Å². The molecule has 0 bridgehead atoms. The maximum atomic E-state index is 11.8. The Morgan fingerprint density at radius 3 is 2.21 bits per heavy atom. The highest BCUT2D eigenvalue weighted by atomic mass is 16.7. The third kappa shape index (κ3) is 4.23. The lowest BCUT2D eigenvalue weighted by Crippen LogP contribution is -2.68. The van der Waals surface area contributed by atoms with Gasteiger partial charge in [-0.1, -0.05) is 60.1 Å². The van der Waals surface area contributed by atoms with Crippen LogP contribution < -0.4 is 0 Å². The molecule has 0 aromatic heterocycles. The predicted molar refractivity (Wildman–Crippen MR) is 162 cm³/mol. The molecule has 0 spiro atoms. The molecule has 4 saturated carbocycles. The summed E-state index contributed by atoms with van der Waals surface area (Å²) in [6.45, 7) is 15.8. The van der Waals surface area contributed by atoms with E-state index in [2.05, 4.69) is 54.5 Å². The van der Waals surface area contributed by atoms with Crippen LogP contribution in [0.25, 0.3) is 0 Å². The van der Waals surface area contributed by atoms with Crippen LogP contribution >= 0.6 is 0 Å². The highest BCUT2D eigenvalue weighted by Crippen LogP contribution is 2.75. The van der Waals surface area contributed by atoms with Crippen molar-refractivity contribution in [2.24, 2.45) is 50.2 Å². The molecule has 1 aliphatic heterocycles. The van der Waals surface area contributed by atoms with E-state index >= 15 is 0 Å². The van der Waals surface area contributed by atoms with E-state index in [1.54, 1.807) is 0 Å². The topological polar surface area (TPSA) is 140 Å². The molecule has 6 aliphatic rings. The number of ether oxygens (including phenoxy) is 2. The Morgan fingerprint density at radius 2 is 1.53 bits per heavy atom. The van der Waals surface area contributed by atoms with Gasteiger partial charge in [0.25, 0.3) is 0 Å². The molecule has 1 heterocycles. The molecule has 246 valence electrons. The second-order valence-corrected chi connectivity index (χ2v) is 17.5. The van der Waals surface area contributed by atoms with Gasteiger partial charge < -0.3 is 40.1 Å². The SMILES string of the molecule is CC1(C)C[C@H]2C3=CC[C@@H]4[C@@]5(C)CCC(O)[C@](C)(CO)[C@@H]5CC[C@@]4(C)[C@]3(C)CC[C@@]2(C)C(O[C@@H]2OC[C@H](O)[C@H](O)[C@H]2O)C1O. The maximum absolute atomic E-state index is 11.8. The first-order valence-corrected chi connectivity index (χ1v) is 16.9. The maximum Gasteiger partial charge on any atom is 0.186 e. The highest BCUT2D eigenvalue weighted by molar-refractivity contribution is 5.34. The van der Waals surface area contributed by atoms with Crippen molar-refractivity contribution < 1.29 is 40.1 Å². The first kappa shape index (κ1) is 32.4. The minimum absolute atomic E-state index is 0.0187. The lowest BCUT2D eigenvalue weighted by atomic mass is 9.33. The number of hydrogen-bond donors (Lipinski definition) is 6. The fraction of sp³-hybridized carbons (Fsp3) is 0.943. The molecule has 5 fully saturated rings. The zero-order valence-electron chi connectivity index (χ0n) is 27.4. The third-order valence-corrected chi connectivity index (χ3v) is 15.2. The minimum Gasteiger partial charge on any atom is -0.396 e. The summed E-state index contributed by atoms with van der Waals surface area (Å²) in [5, 5.41) is 64.4. The molecule has 8 nitrogen and oxygen atoms in total. The number of rotatable bonds is 3. The van der Waals surface area contributed by atoms with E-state index in [1.807, 2.05) is 0 Å². The van der Waals surface area contributed by atoms with Crippen LogP contribution in [-0.4, -0.2) is 86.8 Å². The van der Waals surface area contributed by atoms with Crippen molar-refractivity contribution in [2.45, 2.75) is 143 Å². The van der Waals surface area contributed by atoms with Gasteiger partial charge in [0.05, 0.1) is 31.5 Å². The van der Waals surface area contributed by atoms with E-state index in [0.717, 1.165) is 51.4 Å². The molecule has 5 aliphatic carbocycles. The average molecular weight is 607 g/mol. The summed E-state index contributed by atoms with van der Waals surface area (Å²) in [7, 11) is 0. The minimum atomic E-state index is -1.40. The average Bonchev–Trinajstić information content (AvgIpc) is 2.95. The van der Waals surface area contributed by atoms with E-state index in [0.29, 0.717) is 5.92 Å². The summed E-state index contributed by atoms with van der Waals surface area (Å²) in [6.07, 6.45) is 2.98. The van der Waals surface area contributed by atoms with E-state index < -0.39 is 59.2 Å². The molecular formula is C35H58O8. The second-order valence-electron chi connectivity index (χ2n) is 17.5. The summed E-state index contributed by atoms with van der Waals surface area (Å²) < 4.78 is 12.2. The fourth-order valence-corrected chi connectivity index (χ4v) is 11.9. The van der Waals surface area contributed by atoms with E-state index in [1.165, 1.54) is 5.57 Å². The quantitative estimate of drug-likeness (QED) is 0.268. The van der Waals surface area contributed by atoms with Gasteiger partial charge in [0.2, 0.25) is 0 Å². The van der Waals surface area contributed by atoms with Crippen LogP contribution in [0, 0.1) is 50.2 Å². The zero-order chi connectivity index (χ0) is 31.5. The zero-order valence-corrected chi connectivity index (χ0v) is 27.4. The Hall–Kier alpha value is -0.580. The van der Waals surface area contributed by atoms with Gasteiger partial charge in [0.1, 0.15) is 18.3 Å². The molecule has 0 aromatic carbocycles. The van der Waals surface area contributed by atoms with Gasteiger partial charge in [-0.25, -0.2) is 0 Å². The van der Waals surface area contributed by atoms with E-state index in [4.69, 9.17) is 9.47 Å². The van der Waals surface area contributed by atoms with Crippen molar-refractivity contribution in [1.29, 1.82) is 0 Å². The van der Waals surface area contributed by atoms with Crippen LogP contribution in [0.4, 0.5) is 0 Å². The first-order chi connectivity index (χ1) is 19.9. The molecule has 8 heteroatoms. The second kappa shape index (κ2) is 10.2. The third-order valence-electron chi connectivity index (χ3n) is 15.2. The Balaban J connectivity index is 1.36. The summed E-state index contributed by atoms with van der Waals surface area (Å²) in [4.78, 5) is 0. The molecule has 3 unspecified atom stereocenters. The summed E-state index contributed by atoms with van der Waals surface area (Å²) in [5.41, 5.74) is 0.203. The standard InChI is InChI=1S/C35H58O8/c1-30(2)16-20-19-8-9-23-32(4)12-11-24(38)33(5,18-36)22(32)10-13-35(23,7)34(19,6)15-14-31(20,3)28(27(30)41)43-29-26(40)25(39)21(37)17-42-29/h8,20-29,36-41H,9-18H2,1-7H3/t20-,21-,22+,23+,24?,25-,26+,27?,28?,29-,31+,32-,33+,34+,35+/m0/s1. The van der Waals surface area contributed by atoms with Crippen LogP contribution in [0.3, 0.4) is 0 Å². The van der Waals surface area contributed by atoms with Gasteiger partial charge in [-0.3, -0.25) is 0 Å². The molecule has 15 atom stereocenters. The highest BCUT2D eigenvalue weighted by Gasteiger charge is 2.70. The molecule has 6 rings (SSSR count). The van der Waals surface area contributed by atoms with Gasteiger partial charge in [-0.2, -0.15) is 0 Å². The van der Waals surface area contributed by atoms with Crippen molar-refractivity contribution in [1.82, 2.24) is 0 Å². The van der Waals surface area contributed by atoms with Crippen LogP contribution in [-0.2, 0) is 9.47 Å². The molecule has 6 N–H and O–H groups in total. The Bertz CT molecular complexity index is 1130. The first-order valence-electron chi connectivity index (χ1n) is 16.9. The van der Waals surface area contributed by atoms with Crippen molar-refractivity contribution >= 4 is 0 Å². The molecule has 0 radical (unpaired) electrons. The monoisotopic (exact) mass is 606 g/mol. The fourth-order valence-electron chi connectivity index (χ4n) is 11.9. The summed E-state index contributed by atoms with van der Waals surface area (Å²) >= 11 is 0.